The minimum absolute atomic E-state index is 0.0118. The second-order valence-corrected chi connectivity index (χ2v) is 6.57. The third-order valence-corrected chi connectivity index (χ3v) is 5.21. The molecule has 0 aliphatic carbocycles. The molecular formula is C14H13N3O3S. The number of rotatable bonds is 3. The van der Waals surface area contributed by atoms with E-state index in [1.807, 2.05) is 0 Å². The van der Waals surface area contributed by atoms with Gasteiger partial charge >= 0.3 is 0 Å². The molecule has 3 rings (SSSR count). The van der Waals surface area contributed by atoms with Gasteiger partial charge in [0.25, 0.3) is 15.9 Å². The zero-order valence-corrected chi connectivity index (χ0v) is 11.9. The zero-order valence-electron chi connectivity index (χ0n) is 11.1. The van der Waals surface area contributed by atoms with Gasteiger partial charge in [-0.05, 0) is 42.3 Å². The molecule has 0 saturated carbocycles. The van der Waals surface area contributed by atoms with Gasteiger partial charge in [-0.3, -0.25) is 9.78 Å². The Hall–Kier alpha value is -2.41. The summed E-state index contributed by atoms with van der Waals surface area (Å²) in [5.74, 6) is -0.501. The van der Waals surface area contributed by atoms with Crippen LogP contribution in [0.3, 0.4) is 0 Å². The van der Waals surface area contributed by atoms with Gasteiger partial charge in [0.15, 0.2) is 0 Å². The summed E-state index contributed by atoms with van der Waals surface area (Å²) in [6, 6.07) is 7.89. The highest BCUT2D eigenvalue weighted by molar-refractivity contribution is 7.90. The summed E-state index contributed by atoms with van der Waals surface area (Å²) in [5, 5.41) is 0. The minimum atomic E-state index is -3.80. The maximum atomic E-state index is 12.4. The molecule has 0 bridgehead atoms. The van der Waals surface area contributed by atoms with Crippen molar-refractivity contribution in [2.45, 2.75) is 11.3 Å². The molecule has 0 fully saturated rings. The molecule has 7 heteroatoms. The first kappa shape index (κ1) is 13.6. The summed E-state index contributed by atoms with van der Waals surface area (Å²) in [6.45, 7) is 0.0970. The number of aromatic nitrogens is 1. The Morgan fingerprint density at radius 2 is 1.86 bits per heavy atom. The van der Waals surface area contributed by atoms with Gasteiger partial charge in [0.2, 0.25) is 0 Å². The lowest BCUT2D eigenvalue weighted by molar-refractivity contribution is 0.0872. The Morgan fingerprint density at radius 1 is 1.14 bits per heavy atom. The molecule has 0 saturated heterocycles. The fraction of sp³-hybridized carbons (Fsp3) is 0.143. The standard InChI is InChI=1S/C14H13N3O3S/c15-11-1-2-12-13(9-11)21(19,20)17(14(12)18)8-5-10-3-6-16-7-4-10/h1-4,6-7,9H,5,8,15H2. The van der Waals surface area contributed by atoms with Crippen LogP contribution in [0, 0.1) is 0 Å². The average molecular weight is 303 g/mol. The number of carbonyl (C=O) groups is 1. The SMILES string of the molecule is Nc1ccc2c(c1)S(=O)(=O)N(CCc1ccncc1)C2=O. The number of nitrogens with zero attached hydrogens (tertiary/aromatic N) is 2. The molecule has 2 N–H and O–H groups in total. The van der Waals surface area contributed by atoms with Crippen LogP contribution in [0.4, 0.5) is 5.69 Å². The van der Waals surface area contributed by atoms with Crippen molar-refractivity contribution in [3.8, 4) is 0 Å². The number of benzene rings is 1. The third kappa shape index (κ3) is 2.25. The Kier molecular flexibility index (Phi) is 3.13. The predicted molar refractivity (Wildman–Crippen MR) is 77.0 cm³/mol. The number of nitrogens with two attached hydrogens (primary N) is 1. The van der Waals surface area contributed by atoms with Crippen molar-refractivity contribution in [2.75, 3.05) is 12.3 Å². The predicted octanol–water partition coefficient (Wildman–Crippen LogP) is 1.05. The number of amides is 1. The second kappa shape index (κ2) is 4.85. The van der Waals surface area contributed by atoms with Crippen molar-refractivity contribution >= 4 is 21.6 Å². The molecule has 6 nitrogen and oxygen atoms in total. The lowest BCUT2D eigenvalue weighted by Gasteiger charge is -2.14. The quantitative estimate of drug-likeness (QED) is 0.855. The molecule has 0 atom stereocenters. The largest absolute Gasteiger partial charge is 0.399 e. The summed E-state index contributed by atoms with van der Waals surface area (Å²) in [7, 11) is -3.80. The van der Waals surface area contributed by atoms with Crippen LogP contribution >= 0.6 is 0 Å². The van der Waals surface area contributed by atoms with E-state index in [4.69, 9.17) is 5.73 Å². The molecule has 108 valence electrons. The van der Waals surface area contributed by atoms with E-state index >= 15 is 0 Å². The Bertz CT molecular complexity index is 803. The Morgan fingerprint density at radius 3 is 2.57 bits per heavy atom. The maximum absolute atomic E-state index is 12.4. The fourth-order valence-electron chi connectivity index (χ4n) is 2.29. The Balaban J connectivity index is 1.90. The van der Waals surface area contributed by atoms with Gasteiger partial charge in [-0.25, -0.2) is 12.7 Å². The van der Waals surface area contributed by atoms with E-state index in [1.165, 1.54) is 18.2 Å². The normalized spacial score (nSPS) is 16.0. The van der Waals surface area contributed by atoms with E-state index in [1.54, 1.807) is 24.5 Å². The van der Waals surface area contributed by atoms with Crippen LogP contribution in [0.15, 0.2) is 47.6 Å². The number of hydrogen-bond donors (Lipinski definition) is 1. The lowest BCUT2D eigenvalue weighted by atomic mass is 10.1. The second-order valence-electron chi connectivity index (χ2n) is 4.74. The van der Waals surface area contributed by atoms with Gasteiger partial charge < -0.3 is 5.73 Å². The molecule has 2 aromatic rings. The number of pyridine rings is 1. The number of sulfonamides is 1. The smallest absolute Gasteiger partial charge is 0.269 e. The van der Waals surface area contributed by atoms with Gasteiger partial charge in [-0.15, -0.1) is 0 Å². The Labute approximate surface area is 122 Å². The number of fused-ring (bicyclic) bond motifs is 1. The van der Waals surface area contributed by atoms with Crippen molar-refractivity contribution in [3.63, 3.8) is 0 Å². The molecule has 2 heterocycles. The van der Waals surface area contributed by atoms with Gasteiger partial charge in [0.05, 0.1) is 5.56 Å². The molecular weight excluding hydrogens is 290 g/mol. The highest BCUT2D eigenvalue weighted by Crippen LogP contribution is 2.31. The van der Waals surface area contributed by atoms with Crippen LogP contribution in [-0.4, -0.2) is 30.2 Å². The van der Waals surface area contributed by atoms with Crippen LogP contribution in [0.5, 0.6) is 0 Å². The van der Waals surface area contributed by atoms with Crippen molar-refractivity contribution in [3.05, 3.63) is 53.9 Å². The van der Waals surface area contributed by atoms with E-state index in [9.17, 15) is 13.2 Å². The molecule has 1 aliphatic heterocycles. The molecule has 1 aromatic carbocycles. The zero-order chi connectivity index (χ0) is 15.0. The van der Waals surface area contributed by atoms with E-state index in [2.05, 4.69) is 4.98 Å². The van der Waals surface area contributed by atoms with Gasteiger partial charge in [-0.2, -0.15) is 0 Å². The van der Waals surface area contributed by atoms with Gasteiger partial charge in [0, 0.05) is 24.6 Å². The summed E-state index contributed by atoms with van der Waals surface area (Å²) < 4.78 is 25.7. The molecule has 0 spiro atoms. The van der Waals surface area contributed by atoms with Crippen LogP contribution in [0.1, 0.15) is 15.9 Å². The molecule has 1 amide bonds. The first-order valence-electron chi connectivity index (χ1n) is 6.35. The maximum Gasteiger partial charge on any atom is 0.269 e. The summed E-state index contributed by atoms with van der Waals surface area (Å²) >= 11 is 0. The van der Waals surface area contributed by atoms with Crippen molar-refractivity contribution in [1.29, 1.82) is 0 Å². The fourth-order valence-corrected chi connectivity index (χ4v) is 3.90. The van der Waals surface area contributed by atoms with Crippen LogP contribution in [0.2, 0.25) is 0 Å². The first-order chi connectivity index (χ1) is 10.00. The molecule has 0 unspecified atom stereocenters. The van der Waals surface area contributed by atoms with Crippen molar-refractivity contribution < 1.29 is 13.2 Å². The van der Waals surface area contributed by atoms with E-state index in [0.29, 0.717) is 12.1 Å². The highest BCUT2D eigenvalue weighted by Gasteiger charge is 2.40. The van der Waals surface area contributed by atoms with Crippen LogP contribution < -0.4 is 5.73 Å². The minimum Gasteiger partial charge on any atom is -0.399 e. The molecule has 21 heavy (non-hydrogen) atoms. The average Bonchev–Trinajstić information content (AvgIpc) is 2.65. The first-order valence-corrected chi connectivity index (χ1v) is 7.79. The molecule has 0 radical (unpaired) electrons. The number of anilines is 1. The van der Waals surface area contributed by atoms with Crippen molar-refractivity contribution in [1.82, 2.24) is 9.29 Å². The van der Waals surface area contributed by atoms with Gasteiger partial charge in [-0.1, -0.05) is 0 Å². The summed E-state index contributed by atoms with van der Waals surface area (Å²) in [6.07, 6.45) is 3.70. The monoisotopic (exact) mass is 303 g/mol. The summed E-state index contributed by atoms with van der Waals surface area (Å²) in [4.78, 5) is 16.1. The van der Waals surface area contributed by atoms with E-state index < -0.39 is 15.9 Å². The topological polar surface area (TPSA) is 93.4 Å². The third-order valence-electron chi connectivity index (χ3n) is 3.38. The molecule has 1 aromatic heterocycles. The number of nitrogen functional groups attached to an aromatic ring is 1. The number of hydrogen-bond acceptors (Lipinski definition) is 5. The van der Waals surface area contributed by atoms with Gasteiger partial charge in [0.1, 0.15) is 4.90 Å². The molecule has 1 aliphatic rings. The van der Waals surface area contributed by atoms with Crippen molar-refractivity contribution in [2.24, 2.45) is 0 Å². The van der Waals surface area contributed by atoms with E-state index in [0.717, 1.165) is 9.87 Å². The highest BCUT2D eigenvalue weighted by atomic mass is 32.2. The number of carbonyl (C=O) groups excluding carboxylic acids is 1. The van der Waals surface area contributed by atoms with Crippen LogP contribution in [-0.2, 0) is 16.4 Å². The lowest BCUT2D eigenvalue weighted by Crippen LogP contribution is -2.32. The summed E-state index contributed by atoms with van der Waals surface area (Å²) in [5.41, 5.74) is 7.03. The van der Waals surface area contributed by atoms with Crippen LogP contribution in [0.25, 0.3) is 0 Å². The van der Waals surface area contributed by atoms with E-state index in [-0.39, 0.29) is 17.0 Å².